The van der Waals surface area contributed by atoms with Crippen molar-refractivity contribution >= 4 is 28.7 Å². The molecule has 20 heavy (non-hydrogen) atoms. The van der Waals surface area contributed by atoms with E-state index in [1.807, 2.05) is 30.3 Å². The van der Waals surface area contributed by atoms with Crippen molar-refractivity contribution in [1.82, 2.24) is 5.43 Å². The summed E-state index contributed by atoms with van der Waals surface area (Å²) in [5.74, 6) is 0. The van der Waals surface area contributed by atoms with E-state index in [2.05, 4.69) is 49.1 Å². The second kappa shape index (κ2) is 6.39. The van der Waals surface area contributed by atoms with Crippen LogP contribution >= 0.6 is 12.2 Å². The van der Waals surface area contributed by atoms with Gasteiger partial charge in [0.25, 0.3) is 0 Å². The summed E-state index contributed by atoms with van der Waals surface area (Å²) in [6, 6.07) is 14.3. The number of hydrogen-bond donors (Lipinski definition) is 3. The lowest BCUT2D eigenvalue weighted by molar-refractivity contribution is 1.12. The van der Waals surface area contributed by atoms with Crippen LogP contribution in [0.1, 0.15) is 16.7 Å². The molecule has 0 aliphatic rings. The number of thiocarbonyl (C=S) groups is 1. The zero-order chi connectivity index (χ0) is 14.5. The maximum absolute atomic E-state index is 5.25. The summed E-state index contributed by atoms with van der Waals surface area (Å²) >= 11 is 5.25. The lowest BCUT2D eigenvalue weighted by atomic mass is 10.1. The van der Waals surface area contributed by atoms with Crippen molar-refractivity contribution in [2.24, 2.45) is 0 Å². The quantitative estimate of drug-likeness (QED) is 0.590. The van der Waals surface area contributed by atoms with Gasteiger partial charge in [-0.25, -0.2) is 0 Å². The van der Waals surface area contributed by atoms with Crippen LogP contribution in [0.4, 0.5) is 11.4 Å². The molecule has 0 aliphatic heterocycles. The monoisotopic (exact) mass is 285 g/mol. The SMILES string of the molecule is Cc1ccc(NC(=S)NNc2ccc(C)cc2C)cc1. The molecular weight excluding hydrogens is 266 g/mol. The first kappa shape index (κ1) is 14.3. The van der Waals surface area contributed by atoms with E-state index in [-0.39, 0.29) is 0 Å². The fourth-order valence-corrected chi connectivity index (χ4v) is 2.05. The summed E-state index contributed by atoms with van der Waals surface area (Å²) in [7, 11) is 0. The molecule has 0 heterocycles. The van der Waals surface area contributed by atoms with Gasteiger partial charge in [-0.3, -0.25) is 10.9 Å². The topological polar surface area (TPSA) is 36.1 Å². The van der Waals surface area contributed by atoms with Crippen molar-refractivity contribution in [2.45, 2.75) is 20.8 Å². The molecule has 0 amide bonds. The summed E-state index contributed by atoms with van der Waals surface area (Å²) in [6.45, 7) is 6.20. The number of aryl methyl sites for hydroxylation is 3. The number of hydrazine groups is 1. The van der Waals surface area contributed by atoms with Crippen molar-refractivity contribution in [3.05, 3.63) is 59.2 Å². The molecule has 0 aromatic heterocycles. The van der Waals surface area contributed by atoms with Gasteiger partial charge in [-0.05, 0) is 56.8 Å². The van der Waals surface area contributed by atoms with E-state index in [4.69, 9.17) is 12.2 Å². The molecule has 3 nitrogen and oxygen atoms in total. The van der Waals surface area contributed by atoms with E-state index in [0.717, 1.165) is 11.4 Å². The molecule has 0 unspecified atom stereocenters. The highest BCUT2D eigenvalue weighted by molar-refractivity contribution is 7.80. The fraction of sp³-hybridized carbons (Fsp3) is 0.188. The van der Waals surface area contributed by atoms with Crippen molar-refractivity contribution < 1.29 is 0 Å². The van der Waals surface area contributed by atoms with Crippen molar-refractivity contribution in [3.63, 3.8) is 0 Å². The van der Waals surface area contributed by atoms with Gasteiger partial charge in [-0.15, -0.1) is 0 Å². The molecule has 0 fully saturated rings. The van der Waals surface area contributed by atoms with Gasteiger partial charge in [0.15, 0.2) is 5.11 Å². The number of nitrogens with one attached hydrogen (secondary N) is 3. The van der Waals surface area contributed by atoms with Crippen LogP contribution in [0.15, 0.2) is 42.5 Å². The Bertz CT molecular complexity index is 606. The average molecular weight is 285 g/mol. The number of anilines is 2. The molecule has 2 rings (SSSR count). The van der Waals surface area contributed by atoms with E-state index >= 15 is 0 Å². The van der Waals surface area contributed by atoms with Gasteiger partial charge >= 0.3 is 0 Å². The highest BCUT2D eigenvalue weighted by atomic mass is 32.1. The lowest BCUT2D eigenvalue weighted by Crippen LogP contribution is -2.33. The minimum atomic E-state index is 0.536. The maximum atomic E-state index is 5.25. The van der Waals surface area contributed by atoms with Crippen molar-refractivity contribution in [2.75, 3.05) is 10.7 Å². The summed E-state index contributed by atoms with van der Waals surface area (Å²) < 4.78 is 0. The minimum Gasteiger partial charge on any atom is -0.331 e. The van der Waals surface area contributed by atoms with Crippen LogP contribution < -0.4 is 16.2 Å². The molecule has 0 aliphatic carbocycles. The second-order valence-corrected chi connectivity index (χ2v) is 5.30. The van der Waals surface area contributed by atoms with Gasteiger partial charge in [0, 0.05) is 5.69 Å². The number of hydrogen-bond acceptors (Lipinski definition) is 2. The largest absolute Gasteiger partial charge is 0.331 e. The van der Waals surface area contributed by atoms with Crippen LogP contribution in [0, 0.1) is 20.8 Å². The van der Waals surface area contributed by atoms with Crippen LogP contribution in [0.3, 0.4) is 0 Å². The first-order valence-corrected chi connectivity index (χ1v) is 6.92. The number of benzene rings is 2. The Morgan fingerprint density at radius 1 is 0.900 bits per heavy atom. The third-order valence-electron chi connectivity index (χ3n) is 3.00. The fourth-order valence-electron chi connectivity index (χ4n) is 1.88. The molecule has 0 saturated heterocycles. The van der Waals surface area contributed by atoms with Crippen LogP contribution in [-0.4, -0.2) is 5.11 Å². The van der Waals surface area contributed by atoms with Crippen LogP contribution in [0.5, 0.6) is 0 Å². The summed E-state index contributed by atoms with van der Waals surface area (Å²) in [4.78, 5) is 0. The van der Waals surface area contributed by atoms with E-state index in [1.54, 1.807) is 0 Å². The second-order valence-electron chi connectivity index (χ2n) is 4.89. The minimum absolute atomic E-state index is 0.536. The maximum Gasteiger partial charge on any atom is 0.189 e. The molecule has 0 spiro atoms. The first-order valence-electron chi connectivity index (χ1n) is 6.51. The molecule has 104 valence electrons. The van der Waals surface area contributed by atoms with Crippen molar-refractivity contribution in [3.8, 4) is 0 Å². The predicted octanol–water partition coefficient (Wildman–Crippen LogP) is 3.93. The Morgan fingerprint density at radius 3 is 2.20 bits per heavy atom. The number of rotatable bonds is 3. The van der Waals surface area contributed by atoms with Crippen LogP contribution in [-0.2, 0) is 0 Å². The molecule has 0 saturated carbocycles. The first-order chi connectivity index (χ1) is 9.54. The molecule has 2 aromatic carbocycles. The molecule has 0 radical (unpaired) electrons. The molecule has 0 bridgehead atoms. The zero-order valence-electron chi connectivity index (χ0n) is 11.9. The van der Waals surface area contributed by atoms with E-state index in [1.165, 1.54) is 16.7 Å². The van der Waals surface area contributed by atoms with Gasteiger partial charge in [0.1, 0.15) is 0 Å². The third-order valence-corrected chi connectivity index (χ3v) is 3.21. The van der Waals surface area contributed by atoms with Gasteiger partial charge in [-0.2, -0.15) is 0 Å². The predicted molar refractivity (Wildman–Crippen MR) is 90.1 cm³/mol. The molecule has 0 atom stereocenters. The van der Waals surface area contributed by atoms with Gasteiger partial charge in [0.05, 0.1) is 5.69 Å². The summed E-state index contributed by atoms with van der Waals surface area (Å²) in [5, 5.41) is 3.66. The standard InChI is InChI=1S/C16H19N3S/c1-11-4-7-14(8-5-11)17-16(20)19-18-15-9-6-12(2)10-13(15)3/h4-10,18H,1-3H3,(H2,17,19,20). The Kier molecular flexibility index (Phi) is 4.58. The molecule has 3 N–H and O–H groups in total. The molecule has 4 heteroatoms. The van der Waals surface area contributed by atoms with Gasteiger partial charge in [-0.1, -0.05) is 35.4 Å². The Balaban J connectivity index is 1.90. The highest BCUT2D eigenvalue weighted by Gasteiger charge is 2.00. The average Bonchev–Trinajstić information content (AvgIpc) is 2.40. The van der Waals surface area contributed by atoms with E-state index in [9.17, 15) is 0 Å². The Labute approximate surface area is 125 Å². The Hall–Kier alpha value is -2.07. The normalized spacial score (nSPS) is 9.95. The molecular formula is C16H19N3S. The van der Waals surface area contributed by atoms with Gasteiger partial charge < -0.3 is 5.32 Å². The zero-order valence-corrected chi connectivity index (χ0v) is 12.8. The van der Waals surface area contributed by atoms with E-state index in [0.29, 0.717) is 5.11 Å². The van der Waals surface area contributed by atoms with Crippen LogP contribution in [0.2, 0.25) is 0 Å². The van der Waals surface area contributed by atoms with Gasteiger partial charge in [0.2, 0.25) is 0 Å². The summed E-state index contributed by atoms with van der Waals surface area (Å²) in [6.07, 6.45) is 0. The summed E-state index contributed by atoms with van der Waals surface area (Å²) in [5.41, 5.74) is 11.7. The highest BCUT2D eigenvalue weighted by Crippen LogP contribution is 2.15. The van der Waals surface area contributed by atoms with Crippen molar-refractivity contribution in [1.29, 1.82) is 0 Å². The lowest BCUT2D eigenvalue weighted by Gasteiger charge is -2.14. The third kappa shape index (κ3) is 3.96. The van der Waals surface area contributed by atoms with Crippen LogP contribution in [0.25, 0.3) is 0 Å². The molecule has 2 aromatic rings. The smallest absolute Gasteiger partial charge is 0.189 e. The Morgan fingerprint density at radius 2 is 1.55 bits per heavy atom. The van der Waals surface area contributed by atoms with E-state index < -0.39 is 0 Å².